The Morgan fingerprint density at radius 1 is 1.07 bits per heavy atom. The fraction of sp³-hybridized carbons (Fsp3) is 0.476. The predicted octanol–water partition coefficient (Wildman–Crippen LogP) is 3.56. The molecule has 0 saturated carbocycles. The summed E-state index contributed by atoms with van der Waals surface area (Å²) in [5, 5.41) is 6.89. The molecular formula is C21H31N7. The van der Waals surface area contributed by atoms with Crippen LogP contribution < -0.4 is 16.4 Å². The van der Waals surface area contributed by atoms with E-state index in [0.717, 1.165) is 37.3 Å². The molecule has 0 unspecified atom stereocenters. The summed E-state index contributed by atoms with van der Waals surface area (Å²) < 4.78 is 2.07. The second-order valence-electron chi connectivity index (χ2n) is 8.18. The number of hydrogen-bond acceptors (Lipinski definition) is 6. The molecule has 7 nitrogen and oxygen atoms in total. The van der Waals surface area contributed by atoms with Gasteiger partial charge in [0.1, 0.15) is 5.52 Å². The summed E-state index contributed by atoms with van der Waals surface area (Å²) in [6.45, 7) is 11.1. The van der Waals surface area contributed by atoms with E-state index in [1.54, 1.807) is 6.33 Å². The fourth-order valence-corrected chi connectivity index (χ4v) is 2.95. The number of nitrogen functional groups attached to an aromatic ring is 1. The van der Waals surface area contributed by atoms with Crippen LogP contribution in [0.2, 0.25) is 0 Å². The standard InChI is InChI=1S/C21H31N7/c1-5-6-11-23-18-17-19(27-20(22)26-18)24-14-28(17)13-16-9-7-15(8-10-16)12-25-21(2,3)4/h7-10,14,25H,5-6,11-13H2,1-4H3,(H3,22,23,26,27). The number of hydrogen-bond donors (Lipinski definition) is 3. The maximum atomic E-state index is 5.85. The number of nitrogens with two attached hydrogens (primary N) is 1. The number of rotatable bonds is 8. The van der Waals surface area contributed by atoms with Crippen molar-refractivity contribution < 1.29 is 0 Å². The van der Waals surface area contributed by atoms with E-state index in [0.29, 0.717) is 12.2 Å². The van der Waals surface area contributed by atoms with Gasteiger partial charge in [-0.2, -0.15) is 9.97 Å². The molecule has 28 heavy (non-hydrogen) atoms. The maximum Gasteiger partial charge on any atom is 0.224 e. The summed E-state index contributed by atoms with van der Waals surface area (Å²) in [5.74, 6) is 0.992. The van der Waals surface area contributed by atoms with Gasteiger partial charge in [0.2, 0.25) is 5.95 Å². The third-order valence-corrected chi connectivity index (χ3v) is 4.51. The molecule has 2 heterocycles. The minimum atomic E-state index is 0.109. The van der Waals surface area contributed by atoms with Crippen molar-refractivity contribution in [3.63, 3.8) is 0 Å². The SMILES string of the molecule is CCCCNc1nc(N)nc2ncn(Cc3ccc(CNC(C)(C)C)cc3)c12. The monoisotopic (exact) mass is 381 g/mol. The van der Waals surface area contributed by atoms with E-state index in [2.05, 4.69) is 82.1 Å². The lowest BCUT2D eigenvalue weighted by atomic mass is 10.1. The van der Waals surface area contributed by atoms with E-state index in [-0.39, 0.29) is 11.5 Å². The van der Waals surface area contributed by atoms with Crippen molar-refractivity contribution in [3.05, 3.63) is 41.7 Å². The second kappa shape index (κ2) is 8.56. The Morgan fingerprint density at radius 3 is 2.46 bits per heavy atom. The zero-order valence-electron chi connectivity index (χ0n) is 17.3. The van der Waals surface area contributed by atoms with Crippen LogP contribution in [0.15, 0.2) is 30.6 Å². The number of benzene rings is 1. The van der Waals surface area contributed by atoms with Crippen molar-refractivity contribution in [2.75, 3.05) is 17.6 Å². The van der Waals surface area contributed by atoms with Gasteiger partial charge in [0, 0.05) is 25.2 Å². The molecule has 2 aromatic heterocycles. The Balaban J connectivity index is 1.78. The van der Waals surface area contributed by atoms with Gasteiger partial charge in [0.15, 0.2) is 11.5 Å². The molecule has 1 aromatic carbocycles. The molecule has 7 heteroatoms. The van der Waals surface area contributed by atoms with E-state index in [4.69, 9.17) is 5.73 Å². The number of fused-ring (bicyclic) bond motifs is 1. The van der Waals surface area contributed by atoms with Crippen molar-refractivity contribution in [2.45, 2.75) is 59.2 Å². The first-order chi connectivity index (χ1) is 13.4. The topological polar surface area (TPSA) is 93.7 Å². The van der Waals surface area contributed by atoms with Crippen LogP contribution in [0.5, 0.6) is 0 Å². The number of nitrogens with one attached hydrogen (secondary N) is 2. The normalized spacial score (nSPS) is 11.9. The first-order valence-electron chi connectivity index (χ1n) is 9.91. The van der Waals surface area contributed by atoms with E-state index in [1.807, 2.05) is 0 Å². The lowest BCUT2D eigenvalue weighted by Crippen LogP contribution is -2.35. The quantitative estimate of drug-likeness (QED) is 0.517. The predicted molar refractivity (Wildman–Crippen MR) is 115 cm³/mol. The summed E-state index contributed by atoms with van der Waals surface area (Å²) in [7, 11) is 0. The average Bonchev–Trinajstić information content (AvgIpc) is 3.03. The van der Waals surface area contributed by atoms with Gasteiger partial charge in [0.05, 0.1) is 6.33 Å². The van der Waals surface area contributed by atoms with Crippen molar-refractivity contribution in [1.82, 2.24) is 24.8 Å². The van der Waals surface area contributed by atoms with Gasteiger partial charge in [0.25, 0.3) is 0 Å². The molecule has 0 spiro atoms. The number of imidazole rings is 1. The molecule has 0 aliphatic heterocycles. The first-order valence-corrected chi connectivity index (χ1v) is 9.91. The molecular weight excluding hydrogens is 350 g/mol. The Bertz CT molecular complexity index is 907. The van der Waals surface area contributed by atoms with Crippen LogP contribution in [0.1, 0.15) is 51.7 Å². The van der Waals surface area contributed by atoms with Gasteiger partial charge in [-0.3, -0.25) is 0 Å². The highest BCUT2D eigenvalue weighted by Gasteiger charge is 2.13. The lowest BCUT2D eigenvalue weighted by Gasteiger charge is -2.20. The van der Waals surface area contributed by atoms with E-state index in [1.165, 1.54) is 11.1 Å². The molecule has 3 rings (SSSR count). The van der Waals surface area contributed by atoms with Gasteiger partial charge >= 0.3 is 0 Å². The summed E-state index contributed by atoms with van der Waals surface area (Å²) >= 11 is 0. The highest BCUT2D eigenvalue weighted by Crippen LogP contribution is 2.22. The Hall–Kier alpha value is -2.67. The second-order valence-corrected chi connectivity index (χ2v) is 8.18. The van der Waals surface area contributed by atoms with Gasteiger partial charge in [-0.25, -0.2) is 4.98 Å². The van der Waals surface area contributed by atoms with Crippen LogP contribution in [0.25, 0.3) is 11.2 Å². The Kier molecular flexibility index (Phi) is 6.14. The van der Waals surface area contributed by atoms with Crippen LogP contribution in [0.3, 0.4) is 0 Å². The molecule has 150 valence electrons. The van der Waals surface area contributed by atoms with E-state index in [9.17, 15) is 0 Å². The minimum Gasteiger partial charge on any atom is -0.368 e. The molecule has 0 saturated heterocycles. The molecule has 0 amide bonds. The molecule has 4 N–H and O–H groups in total. The van der Waals surface area contributed by atoms with E-state index < -0.39 is 0 Å². The van der Waals surface area contributed by atoms with Crippen LogP contribution in [0.4, 0.5) is 11.8 Å². The number of aromatic nitrogens is 4. The largest absolute Gasteiger partial charge is 0.368 e. The molecule has 0 atom stereocenters. The molecule has 0 fully saturated rings. The van der Waals surface area contributed by atoms with E-state index >= 15 is 0 Å². The summed E-state index contributed by atoms with van der Waals surface area (Å²) in [6.07, 6.45) is 3.99. The summed E-state index contributed by atoms with van der Waals surface area (Å²) in [4.78, 5) is 13.1. The fourth-order valence-electron chi connectivity index (χ4n) is 2.95. The maximum absolute atomic E-state index is 5.85. The molecule has 3 aromatic rings. The number of anilines is 2. The van der Waals surface area contributed by atoms with Crippen molar-refractivity contribution in [3.8, 4) is 0 Å². The number of nitrogens with zero attached hydrogens (tertiary/aromatic N) is 4. The van der Waals surface area contributed by atoms with Crippen molar-refractivity contribution in [2.24, 2.45) is 0 Å². The number of unbranched alkanes of at least 4 members (excludes halogenated alkanes) is 1. The highest BCUT2D eigenvalue weighted by atomic mass is 15.2. The molecule has 0 bridgehead atoms. The van der Waals surface area contributed by atoms with Crippen molar-refractivity contribution in [1.29, 1.82) is 0 Å². The summed E-state index contributed by atoms with van der Waals surface area (Å²) in [6, 6.07) is 8.66. The van der Waals surface area contributed by atoms with Crippen LogP contribution in [-0.2, 0) is 13.1 Å². The van der Waals surface area contributed by atoms with Gasteiger partial charge < -0.3 is 20.9 Å². The van der Waals surface area contributed by atoms with Crippen molar-refractivity contribution >= 4 is 22.9 Å². The zero-order chi connectivity index (χ0) is 20.1. The summed E-state index contributed by atoms with van der Waals surface area (Å²) in [5.41, 5.74) is 9.95. The van der Waals surface area contributed by atoms with Crippen LogP contribution in [-0.4, -0.2) is 31.6 Å². The minimum absolute atomic E-state index is 0.109. The highest BCUT2D eigenvalue weighted by molar-refractivity contribution is 5.84. The molecule has 0 aliphatic rings. The lowest BCUT2D eigenvalue weighted by molar-refractivity contribution is 0.424. The third-order valence-electron chi connectivity index (χ3n) is 4.51. The van der Waals surface area contributed by atoms with Crippen LogP contribution >= 0.6 is 0 Å². The first kappa shape index (κ1) is 20.1. The molecule has 0 radical (unpaired) electrons. The third kappa shape index (κ3) is 5.19. The van der Waals surface area contributed by atoms with Gasteiger partial charge in [-0.15, -0.1) is 0 Å². The smallest absolute Gasteiger partial charge is 0.224 e. The van der Waals surface area contributed by atoms with Gasteiger partial charge in [-0.05, 0) is 38.3 Å². The van der Waals surface area contributed by atoms with Gasteiger partial charge in [-0.1, -0.05) is 37.6 Å². The van der Waals surface area contributed by atoms with Crippen LogP contribution in [0, 0.1) is 0 Å². The Labute approximate surface area is 166 Å². The Morgan fingerprint density at radius 2 is 1.79 bits per heavy atom. The average molecular weight is 382 g/mol. The molecule has 0 aliphatic carbocycles. The zero-order valence-corrected chi connectivity index (χ0v) is 17.3.